The van der Waals surface area contributed by atoms with Crippen LogP contribution in [0.2, 0.25) is 0 Å². The number of aryl methyl sites for hydroxylation is 2. The van der Waals surface area contributed by atoms with Crippen LogP contribution in [-0.2, 0) is 24.9 Å². The lowest BCUT2D eigenvalue weighted by atomic mass is 9.99. The second kappa shape index (κ2) is 8.42. The highest BCUT2D eigenvalue weighted by atomic mass is 16.5. The Morgan fingerprint density at radius 3 is 2.48 bits per heavy atom. The minimum Gasteiger partial charge on any atom is -0.390 e. The molecule has 2 bridgehead atoms. The molecule has 2 aliphatic rings. The first kappa shape index (κ1) is 20.3. The fraction of sp³-hybridized carbons (Fsp3) is 0.636. The summed E-state index contributed by atoms with van der Waals surface area (Å²) in [4.78, 5) is 14.6. The second-order valence-corrected chi connectivity index (χ2v) is 8.64. The number of ether oxygens (including phenoxy) is 1. The van der Waals surface area contributed by atoms with Crippen molar-refractivity contribution in [3.63, 3.8) is 0 Å². The van der Waals surface area contributed by atoms with Crippen molar-refractivity contribution in [2.45, 2.75) is 77.0 Å². The molecule has 158 valence electrons. The highest BCUT2D eigenvalue weighted by molar-refractivity contribution is 5.24. The summed E-state index contributed by atoms with van der Waals surface area (Å²) in [6, 6.07) is 9.29. The van der Waals surface area contributed by atoms with E-state index in [0.29, 0.717) is 31.1 Å². The van der Waals surface area contributed by atoms with Gasteiger partial charge in [0.1, 0.15) is 5.82 Å². The number of aliphatic hydroxyl groups is 1. The van der Waals surface area contributed by atoms with Crippen LogP contribution in [0.15, 0.2) is 29.1 Å². The van der Waals surface area contributed by atoms with E-state index in [4.69, 9.17) is 4.74 Å². The molecule has 29 heavy (non-hydrogen) atoms. The van der Waals surface area contributed by atoms with Crippen LogP contribution < -0.4 is 5.69 Å². The maximum atomic E-state index is 12.1. The summed E-state index contributed by atoms with van der Waals surface area (Å²) in [5.41, 5.74) is 2.36. The molecule has 3 heterocycles. The molecular weight excluding hydrogens is 368 g/mol. The average molecular weight is 401 g/mol. The van der Waals surface area contributed by atoms with Gasteiger partial charge in [-0.25, -0.2) is 9.48 Å². The fourth-order valence-electron chi connectivity index (χ4n) is 4.85. The summed E-state index contributed by atoms with van der Waals surface area (Å²) in [6.07, 6.45) is 4.01. The quantitative estimate of drug-likeness (QED) is 0.767. The number of hydrogen-bond acceptors (Lipinski definition) is 5. The van der Waals surface area contributed by atoms with Crippen molar-refractivity contribution >= 4 is 0 Å². The Morgan fingerprint density at radius 1 is 1.17 bits per heavy atom. The monoisotopic (exact) mass is 400 g/mol. The number of aromatic nitrogens is 3. The lowest BCUT2D eigenvalue weighted by Crippen LogP contribution is -2.49. The Hall–Kier alpha value is -1.96. The number of nitrogens with zero attached hydrogens (tertiary/aromatic N) is 4. The Kier molecular flexibility index (Phi) is 5.90. The molecule has 1 aromatic carbocycles. The lowest BCUT2D eigenvalue weighted by molar-refractivity contribution is -0.0403. The lowest BCUT2D eigenvalue weighted by Gasteiger charge is -2.39. The summed E-state index contributed by atoms with van der Waals surface area (Å²) in [5.74, 6) is 0.661. The summed E-state index contributed by atoms with van der Waals surface area (Å²) in [5, 5.41) is 14.8. The minimum atomic E-state index is -0.602. The van der Waals surface area contributed by atoms with E-state index in [2.05, 4.69) is 41.2 Å². The second-order valence-electron chi connectivity index (χ2n) is 8.64. The zero-order valence-corrected chi connectivity index (χ0v) is 17.6. The van der Waals surface area contributed by atoms with Crippen LogP contribution in [0, 0.1) is 13.8 Å². The van der Waals surface area contributed by atoms with E-state index in [0.717, 1.165) is 25.7 Å². The van der Waals surface area contributed by atoms with Gasteiger partial charge in [0.2, 0.25) is 0 Å². The number of hydrogen-bond donors (Lipinski definition) is 1. The molecule has 0 amide bonds. The highest BCUT2D eigenvalue weighted by Crippen LogP contribution is 2.37. The number of benzene rings is 1. The Morgan fingerprint density at radius 2 is 1.86 bits per heavy atom. The molecule has 1 N–H and O–H groups in total. The van der Waals surface area contributed by atoms with Crippen molar-refractivity contribution in [3.8, 4) is 0 Å². The van der Waals surface area contributed by atoms with E-state index >= 15 is 0 Å². The largest absolute Gasteiger partial charge is 0.390 e. The minimum absolute atomic E-state index is 0.173. The molecule has 0 spiro atoms. The van der Waals surface area contributed by atoms with Gasteiger partial charge in [-0.05, 0) is 50.7 Å². The van der Waals surface area contributed by atoms with Crippen LogP contribution in [0.1, 0.15) is 42.6 Å². The predicted molar refractivity (Wildman–Crippen MR) is 111 cm³/mol. The van der Waals surface area contributed by atoms with Gasteiger partial charge in [0.15, 0.2) is 0 Å². The van der Waals surface area contributed by atoms with Crippen molar-refractivity contribution < 1.29 is 9.84 Å². The molecular formula is C22H32N4O3. The van der Waals surface area contributed by atoms with Crippen molar-refractivity contribution in [2.24, 2.45) is 7.05 Å². The van der Waals surface area contributed by atoms with Crippen LogP contribution in [0.25, 0.3) is 0 Å². The van der Waals surface area contributed by atoms with E-state index in [9.17, 15) is 9.90 Å². The van der Waals surface area contributed by atoms with E-state index in [-0.39, 0.29) is 18.3 Å². The van der Waals surface area contributed by atoms with E-state index in [1.54, 1.807) is 14.0 Å². The van der Waals surface area contributed by atoms with Gasteiger partial charge in [0.25, 0.3) is 0 Å². The molecule has 2 saturated heterocycles. The normalized spacial score (nSPS) is 25.4. The van der Waals surface area contributed by atoms with Gasteiger partial charge in [-0.15, -0.1) is 0 Å². The molecule has 2 fully saturated rings. The Labute approximate surface area is 171 Å². The smallest absolute Gasteiger partial charge is 0.345 e. The van der Waals surface area contributed by atoms with Gasteiger partial charge >= 0.3 is 5.69 Å². The molecule has 4 rings (SSSR count). The number of rotatable bonds is 7. The molecule has 2 aromatic rings. The van der Waals surface area contributed by atoms with Crippen LogP contribution in [-0.4, -0.2) is 55.2 Å². The van der Waals surface area contributed by atoms with Gasteiger partial charge in [-0.2, -0.15) is 5.10 Å². The number of fused-ring (bicyclic) bond motifs is 2. The first-order chi connectivity index (χ1) is 13.9. The van der Waals surface area contributed by atoms with Gasteiger partial charge in [0.05, 0.1) is 25.4 Å². The van der Waals surface area contributed by atoms with Gasteiger partial charge < -0.3 is 9.84 Å². The third kappa shape index (κ3) is 4.32. The zero-order valence-electron chi connectivity index (χ0n) is 17.6. The third-order valence-corrected chi connectivity index (χ3v) is 6.64. The Bertz CT molecular complexity index is 892. The predicted octanol–water partition coefficient (Wildman–Crippen LogP) is 1.77. The van der Waals surface area contributed by atoms with Gasteiger partial charge in [-0.1, -0.05) is 24.3 Å². The van der Waals surface area contributed by atoms with Crippen LogP contribution in [0.5, 0.6) is 0 Å². The maximum absolute atomic E-state index is 12.1. The fourth-order valence-corrected chi connectivity index (χ4v) is 4.85. The third-order valence-electron chi connectivity index (χ3n) is 6.64. The number of aliphatic hydroxyl groups excluding tert-OH is 1. The van der Waals surface area contributed by atoms with E-state index < -0.39 is 6.10 Å². The summed E-state index contributed by atoms with van der Waals surface area (Å²) >= 11 is 0. The molecule has 7 heteroatoms. The maximum Gasteiger partial charge on any atom is 0.345 e. The van der Waals surface area contributed by atoms with Crippen molar-refractivity contribution in [3.05, 3.63) is 51.7 Å². The average Bonchev–Trinajstić information content (AvgIpc) is 3.06. The summed E-state index contributed by atoms with van der Waals surface area (Å²) in [6.45, 7) is 5.42. The van der Waals surface area contributed by atoms with Gasteiger partial charge in [0, 0.05) is 25.7 Å². The van der Waals surface area contributed by atoms with Crippen LogP contribution >= 0.6 is 0 Å². The van der Waals surface area contributed by atoms with Crippen LogP contribution in [0.3, 0.4) is 0 Å². The number of piperidine rings is 1. The van der Waals surface area contributed by atoms with Gasteiger partial charge in [-0.3, -0.25) is 9.47 Å². The molecule has 3 atom stereocenters. The molecule has 2 aliphatic heterocycles. The first-order valence-electron chi connectivity index (χ1n) is 10.6. The summed E-state index contributed by atoms with van der Waals surface area (Å²) < 4.78 is 9.15. The zero-order chi connectivity index (χ0) is 20.5. The first-order valence-corrected chi connectivity index (χ1v) is 10.6. The highest BCUT2D eigenvalue weighted by Gasteiger charge is 2.41. The summed E-state index contributed by atoms with van der Waals surface area (Å²) in [7, 11) is 1.70. The molecule has 0 saturated carbocycles. The molecule has 0 radical (unpaired) electrons. The van der Waals surface area contributed by atoms with Crippen LogP contribution in [0.4, 0.5) is 0 Å². The van der Waals surface area contributed by atoms with E-state index in [1.807, 2.05) is 0 Å². The topological polar surface area (TPSA) is 72.5 Å². The molecule has 3 unspecified atom stereocenters. The molecule has 0 aliphatic carbocycles. The molecule has 1 aromatic heterocycles. The standard InChI is InChI=1S/C22H32N4O3/c1-15-6-4-5-7-17(15)14-29-21-10-18-8-9-19(11-21)25(18)12-20(27)13-26-22(28)24(3)16(2)23-26/h4-7,18-21,27H,8-14H2,1-3H3. The van der Waals surface area contributed by atoms with Crippen molar-refractivity contribution in [2.75, 3.05) is 6.54 Å². The SMILES string of the molecule is Cc1ccccc1COC1CC2CCC(C1)N2CC(O)Cn1nc(C)n(C)c1=O. The van der Waals surface area contributed by atoms with E-state index in [1.165, 1.54) is 20.4 Å². The van der Waals surface area contributed by atoms with Crippen molar-refractivity contribution in [1.82, 2.24) is 19.2 Å². The Balaban J connectivity index is 1.31. The molecule has 7 nitrogen and oxygen atoms in total. The van der Waals surface area contributed by atoms with Crippen molar-refractivity contribution in [1.29, 1.82) is 0 Å².